The Labute approximate surface area is 135 Å². The van der Waals surface area contributed by atoms with Gasteiger partial charge in [-0.1, -0.05) is 40.6 Å². The van der Waals surface area contributed by atoms with Gasteiger partial charge in [0.15, 0.2) is 0 Å². The number of benzene rings is 1. The van der Waals surface area contributed by atoms with E-state index >= 15 is 0 Å². The van der Waals surface area contributed by atoms with Gasteiger partial charge in [0, 0.05) is 25.2 Å². The van der Waals surface area contributed by atoms with E-state index < -0.39 is 0 Å². The van der Waals surface area contributed by atoms with Gasteiger partial charge < -0.3 is 10.1 Å². The molecular formula is C17H21N3O3. The summed E-state index contributed by atoms with van der Waals surface area (Å²) in [5, 5.41) is 10.5. The first-order valence-electron chi connectivity index (χ1n) is 7.88. The van der Waals surface area contributed by atoms with Gasteiger partial charge in [-0.25, -0.2) is 4.63 Å². The highest BCUT2D eigenvalue weighted by atomic mass is 16.6. The van der Waals surface area contributed by atoms with Crippen molar-refractivity contribution in [3.63, 3.8) is 0 Å². The third-order valence-corrected chi connectivity index (χ3v) is 4.53. The highest BCUT2D eigenvalue weighted by Gasteiger charge is 2.34. The molecule has 1 saturated heterocycles. The Morgan fingerprint density at radius 1 is 1.22 bits per heavy atom. The zero-order chi connectivity index (χ0) is 16.1. The summed E-state index contributed by atoms with van der Waals surface area (Å²) in [5.41, 5.74) is 2.43. The molecule has 1 N–H and O–H groups in total. The average molecular weight is 315 g/mol. The minimum absolute atomic E-state index is 0.0632. The molecule has 0 unspecified atom stereocenters. The van der Waals surface area contributed by atoms with Crippen LogP contribution in [0.2, 0.25) is 0 Å². The number of carbonyl (C=O) groups excluding carboxylic acids is 1. The molecule has 122 valence electrons. The van der Waals surface area contributed by atoms with Crippen molar-refractivity contribution < 1.29 is 14.2 Å². The molecule has 1 aliphatic rings. The molecule has 3 rings (SSSR count). The number of nitrogens with zero attached hydrogens (tertiary/aromatic N) is 2. The standard InChI is InChI=1S/C17H21N3O3/c1-13-15(20-23-19-13)11-16(21)18-12-17(7-9-22-10-8-17)14-5-3-2-4-6-14/h2-6H,7-12H2,1H3,(H,18,21). The Morgan fingerprint density at radius 3 is 2.61 bits per heavy atom. The van der Waals surface area contributed by atoms with Crippen LogP contribution in [0.15, 0.2) is 35.0 Å². The maximum absolute atomic E-state index is 12.2. The molecule has 1 fully saturated rings. The summed E-state index contributed by atoms with van der Waals surface area (Å²) in [6.07, 6.45) is 2.00. The first-order valence-corrected chi connectivity index (χ1v) is 7.88. The summed E-state index contributed by atoms with van der Waals surface area (Å²) in [6.45, 7) is 3.82. The Kier molecular flexibility index (Phi) is 4.71. The summed E-state index contributed by atoms with van der Waals surface area (Å²) in [6, 6.07) is 10.3. The van der Waals surface area contributed by atoms with Gasteiger partial charge in [0.05, 0.1) is 6.42 Å². The fourth-order valence-corrected chi connectivity index (χ4v) is 3.01. The van der Waals surface area contributed by atoms with Crippen molar-refractivity contribution in [1.82, 2.24) is 15.6 Å². The summed E-state index contributed by atoms with van der Waals surface area (Å²) in [4.78, 5) is 12.2. The molecule has 1 aromatic heterocycles. The third-order valence-electron chi connectivity index (χ3n) is 4.53. The normalized spacial score (nSPS) is 16.9. The van der Waals surface area contributed by atoms with Crippen LogP contribution in [0.3, 0.4) is 0 Å². The van der Waals surface area contributed by atoms with E-state index in [1.54, 1.807) is 6.92 Å². The van der Waals surface area contributed by atoms with E-state index in [4.69, 9.17) is 4.74 Å². The highest BCUT2D eigenvalue weighted by molar-refractivity contribution is 5.78. The molecular weight excluding hydrogens is 294 g/mol. The lowest BCUT2D eigenvalue weighted by Crippen LogP contribution is -2.45. The van der Waals surface area contributed by atoms with E-state index in [-0.39, 0.29) is 17.7 Å². The van der Waals surface area contributed by atoms with E-state index in [2.05, 4.69) is 32.4 Å². The van der Waals surface area contributed by atoms with Crippen molar-refractivity contribution in [3.8, 4) is 0 Å². The third kappa shape index (κ3) is 3.59. The fraction of sp³-hybridized carbons (Fsp3) is 0.471. The minimum atomic E-state index is -0.0643. The Bertz CT molecular complexity index is 648. The lowest BCUT2D eigenvalue weighted by atomic mass is 9.74. The van der Waals surface area contributed by atoms with Crippen LogP contribution in [0, 0.1) is 6.92 Å². The number of hydrogen-bond acceptors (Lipinski definition) is 5. The lowest BCUT2D eigenvalue weighted by molar-refractivity contribution is -0.121. The Hall–Kier alpha value is -2.21. The molecule has 2 heterocycles. The number of amides is 1. The van der Waals surface area contributed by atoms with Gasteiger partial charge in [-0.3, -0.25) is 4.79 Å². The maximum Gasteiger partial charge on any atom is 0.226 e. The van der Waals surface area contributed by atoms with Crippen LogP contribution in [-0.4, -0.2) is 36.0 Å². The molecule has 0 spiro atoms. The quantitative estimate of drug-likeness (QED) is 0.910. The second-order valence-corrected chi connectivity index (χ2v) is 6.01. The van der Waals surface area contributed by atoms with Gasteiger partial charge in [-0.05, 0) is 25.3 Å². The molecule has 23 heavy (non-hydrogen) atoms. The largest absolute Gasteiger partial charge is 0.381 e. The Balaban J connectivity index is 1.67. The number of carbonyl (C=O) groups is 1. The van der Waals surface area contributed by atoms with Crippen molar-refractivity contribution in [2.75, 3.05) is 19.8 Å². The first-order chi connectivity index (χ1) is 11.2. The second-order valence-electron chi connectivity index (χ2n) is 6.01. The number of aryl methyl sites for hydroxylation is 1. The SMILES string of the molecule is Cc1nonc1CC(=O)NCC1(c2ccccc2)CCOCC1. The van der Waals surface area contributed by atoms with Gasteiger partial charge in [0.1, 0.15) is 11.4 Å². The van der Waals surface area contributed by atoms with Crippen LogP contribution in [0.4, 0.5) is 0 Å². The molecule has 0 saturated carbocycles. The molecule has 0 atom stereocenters. The van der Waals surface area contributed by atoms with Crippen molar-refractivity contribution in [2.45, 2.75) is 31.6 Å². The van der Waals surface area contributed by atoms with E-state index in [9.17, 15) is 4.79 Å². The summed E-state index contributed by atoms with van der Waals surface area (Å²) in [5.74, 6) is -0.0643. The number of aromatic nitrogens is 2. The van der Waals surface area contributed by atoms with Gasteiger partial charge in [0.2, 0.25) is 5.91 Å². The van der Waals surface area contributed by atoms with Gasteiger partial charge in [-0.2, -0.15) is 0 Å². The summed E-state index contributed by atoms with van der Waals surface area (Å²) < 4.78 is 10.1. The maximum atomic E-state index is 12.2. The van der Waals surface area contributed by atoms with Crippen LogP contribution < -0.4 is 5.32 Å². The van der Waals surface area contributed by atoms with Gasteiger partial charge in [0.25, 0.3) is 0 Å². The van der Waals surface area contributed by atoms with Gasteiger partial charge in [-0.15, -0.1) is 0 Å². The monoisotopic (exact) mass is 315 g/mol. The minimum Gasteiger partial charge on any atom is -0.381 e. The van der Waals surface area contributed by atoms with Crippen LogP contribution in [-0.2, 0) is 21.4 Å². The zero-order valence-corrected chi connectivity index (χ0v) is 13.2. The predicted octanol–water partition coefficient (Wildman–Crippen LogP) is 1.79. The molecule has 1 aromatic carbocycles. The van der Waals surface area contributed by atoms with Crippen LogP contribution in [0.5, 0.6) is 0 Å². The molecule has 6 heteroatoms. The van der Waals surface area contributed by atoms with E-state index in [0.29, 0.717) is 17.9 Å². The van der Waals surface area contributed by atoms with Crippen LogP contribution in [0.25, 0.3) is 0 Å². The van der Waals surface area contributed by atoms with Crippen molar-refractivity contribution in [1.29, 1.82) is 0 Å². The molecule has 0 aliphatic carbocycles. The fourth-order valence-electron chi connectivity index (χ4n) is 3.01. The Morgan fingerprint density at radius 2 is 1.96 bits per heavy atom. The molecule has 0 radical (unpaired) electrons. The van der Waals surface area contributed by atoms with E-state index in [1.807, 2.05) is 18.2 Å². The summed E-state index contributed by atoms with van der Waals surface area (Å²) in [7, 11) is 0. The van der Waals surface area contributed by atoms with E-state index in [0.717, 1.165) is 26.1 Å². The van der Waals surface area contributed by atoms with Crippen LogP contribution >= 0.6 is 0 Å². The number of ether oxygens (including phenoxy) is 1. The number of rotatable bonds is 5. The smallest absolute Gasteiger partial charge is 0.226 e. The number of nitrogens with one attached hydrogen (secondary N) is 1. The summed E-state index contributed by atoms with van der Waals surface area (Å²) >= 11 is 0. The van der Waals surface area contributed by atoms with Crippen molar-refractivity contribution in [2.24, 2.45) is 0 Å². The van der Waals surface area contributed by atoms with Crippen LogP contribution in [0.1, 0.15) is 29.8 Å². The lowest BCUT2D eigenvalue weighted by Gasteiger charge is -2.38. The topological polar surface area (TPSA) is 77.2 Å². The predicted molar refractivity (Wildman–Crippen MR) is 83.9 cm³/mol. The molecule has 0 bridgehead atoms. The second kappa shape index (κ2) is 6.91. The molecule has 6 nitrogen and oxygen atoms in total. The first kappa shape index (κ1) is 15.7. The molecule has 2 aromatic rings. The molecule has 1 amide bonds. The van der Waals surface area contributed by atoms with E-state index in [1.165, 1.54) is 5.56 Å². The van der Waals surface area contributed by atoms with Crippen molar-refractivity contribution in [3.05, 3.63) is 47.3 Å². The number of hydrogen-bond donors (Lipinski definition) is 1. The zero-order valence-electron chi connectivity index (χ0n) is 13.2. The average Bonchev–Trinajstić information content (AvgIpc) is 2.99. The molecule has 1 aliphatic heterocycles. The van der Waals surface area contributed by atoms with Crippen molar-refractivity contribution >= 4 is 5.91 Å². The van der Waals surface area contributed by atoms with Gasteiger partial charge >= 0.3 is 0 Å². The highest BCUT2D eigenvalue weighted by Crippen LogP contribution is 2.34.